The summed E-state index contributed by atoms with van der Waals surface area (Å²) in [5, 5.41) is 0. The molecule has 0 radical (unpaired) electrons. The lowest BCUT2D eigenvalue weighted by Crippen LogP contribution is -2.62. The SMILES string of the molecule is CCCC1CCCCN1C1(CN)CCC1. The molecule has 2 aliphatic rings. The highest BCUT2D eigenvalue weighted by Crippen LogP contribution is 2.41. The molecule has 2 heteroatoms. The van der Waals surface area contributed by atoms with E-state index < -0.39 is 0 Å². The Labute approximate surface area is 94.2 Å². The van der Waals surface area contributed by atoms with E-state index in [4.69, 9.17) is 5.73 Å². The Morgan fingerprint density at radius 2 is 2.07 bits per heavy atom. The van der Waals surface area contributed by atoms with Gasteiger partial charge in [0, 0.05) is 18.1 Å². The summed E-state index contributed by atoms with van der Waals surface area (Å²) in [7, 11) is 0. The maximum Gasteiger partial charge on any atom is 0.0334 e. The van der Waals surface area contributed by atoms with E-state index in [9.17, 15) is 0 Å². The summed E-state index contributed by atoms with van der Waals surface area (Å²) < 4.78 is 0. The molecule has 0 aromatic rings. The van der Waals surface area contributed by atoms with Crippen LogP contribution >= 0.6 is 0 Å². The molecule has 1 aliphatic carbocycles. The lowest BCUT2D eigenvalue weighted by atomic mass is 9.73. The predicted molar refractivity (Wildman–Crippen MR) is 64.9 cm³/mol. The van der Waals surface area contributed by atoms with E-state index in [0.717, 1.165) is 12.6 Å². The molecule has 0 spiro atoms. The molecule has 1 saturated carbocycles. The van der Waals surface area contributed by atoms with Gasteiger partial charge >= 0.3 is 0 Å². The zero-order chi connectivity index (χ0) is 10.7. The van der Waals surface area contributed by atoms with Crippen LogP contribution in [0.5, 0.6) is 0 Å². The highest BCUT2D eigenvalue weighted by Gasteiger charge is 2.44. The van der Waals surface area contributed by atoms with Crippen molar-refractivity contribution in [3.8, 4) is 0 Å². The molecule has 15 heavy (non-hydrogen) atoms. The summed E-state index contributed by atoms with van der Waals surface area (Å²) in [5.41, 5.74) is 6.43. The number of piperidine rings is 1. The monoisotopic (exact) mass is 210 g/mol. The van der Waals surface area contributed by atoms with Gasteiger partial charge in [-0.05, 0) is 45.1 Å². The minimum Gasteiger partial charge on any atom is -0.329 e. The molecule has 0 bridgehead atoms. The molecule has 1 aliphatic heterocycles. The normalized spacial score (nSPS) is 31.2. The standard InChI is InChI=1S/C13H26N2/c1-2-6-12-7-3-4-10-15(12)13(11-14)8-5-9-13/h12H,2-11,14H2,1H3. The molecule has 1 saturated heterocycles. The van der Waals surface area contributed by atoms with E-state index in [1.54, 1.807) is 0 Å². The second kappa shape index (κ2) is 4.84. The van der Waals surface area contributed by atoms with Crippen LogP contribution in [0, 0.1) is 0 Å². The van der Waals surface area contributed by atoms with Crippen LogP contribution in [0.2, 0.25) is 0 Å². The first kappa shape index (κ1) is 11.4. The largest absolute Gasteiger partial charge is 0.329 e. The maximum absolute atomic E-state index is 6.02. The average molecular weight is 210 g/mol. The Balaban J connectivity index is 2.02. The highest BCUT2D eigenvalue weighted by molar-refractivity contribution is 5.01. The fourth-order valence-corrected chi connectivity index (χ4v) is 3.45. The predicted octanol–water partition coefficient (Wildman–Crippen LogP) is 2.52. The topological polar surface area (TPSA) is 29.3 Å². The van der Waals surface area contributed by atoms with E-state index in [-0.39, 0.29) is 0 Å². The van der Waals surface area contributed by atoms with Crippen LogP contribution in [0.4, 0.5) is 0 Å². The van der Waals surface area contributed by atoms with Gasteiger partial charge in [-0.1, -0.05) is 19.8 Å². The van der Waals surface area contributed by atoms with Gasteiger partial charge < -0.3 is 5.73 Å². The van der Waals surface area contributed by atoms with Crippen molar-refractivity contribution in [3.05, 3.63) is 0 Å². The first-order valence-electron chi connectivity index (χ1n) is 6.79. The molecule has 0 amide bonds. The van der Waals surface area contributed by atoms with E-state index >= 15 is 0 Å². The van der Waals surface area contributed by atoms with Gasteiger partial charge in [0.2, 0.25) is 0 Å². The zero-order valence-electron chi connectivity index (χ0n) is 10.2. The quantitative estimate of drug-likeness (QED) is 0.772. The third kappa shape index (κ3) is 2.07. The summed E-state index contributed by atoms with van der Waals surface area (Å²) in [6.07, 6.45) is 11.0. The summed E-state index contributed by atoms with van der Waals surface area (Å²) in [6, 6.07) is 0.840. The van der Waals surface area contributed by atoms with Crippen molar-refractivity contribution >= 4 is 0 Å². The van der Waals surface area contributed by atoms with Gasteiger partial charge in [-0.15, -0.1) is 0 Å². The molecule has 2 nitrogen and oxygen atoms in total. The molecule has 1 heterocycles. The minimum absolute atomic E-state index is 0.417. The second-order valence-corrected chi connectivity index (χ2v) is 5.41. The van der Waals surface area contributed by atoms with Crippen molar-refractivity contribution in [2.75, 3.05) is 13.1 Å². The molecule has 1 unspecified atom stereocenters. The summed E-state index contributed by atoms with van der Waals surface area (Å²) in [5.74, 6) is 0. The van der Waals surface area contributed by atoms with Crippen molar-refractivity contribution in [2.24, 2.45) is 5.73 Å². The van der Waals surface area contributed by atoms with E-state index in [1.165, 1.54) is 57.9 Å². The zero-order valence-corrected chi connectivity index (χ0v) is 10.2. The summed E-state index contributed by atoms with van der Waals surface area (Å²) in [6.45, 7) is 4.50. The van der Waals surface area contributed by atoms with Crippen molar-refractivity contribution in [3.63, 3.8) is 0 Å². The van der Waals surface area contributed by atoms with Crippen molar-refractivity contribution < 1.29 is 0 Å². The molecule has 88 valence electrons. The van der Waals surface area contributed by atoms with Crippen molar-refractivity contribution in [1.82, 2.24) is 4.90 Å². The third-order valence-corrected chi connectivity index (χ3v) is 4.52. The number of rotatable bonds is 4. The van der Waals surface area contributed by atoms with Crippen molar-refractivity contribution in [1.29, 1.82) is 0 Å². The van der Waals surface area contributed by atoms with Gasteiger partial charge in [-0.2, -0.15) is 0 Å². The van der Waals surface area contributed by atoms with E-state index in [1.807, 2.05) is 0 Å². The van der Waals surface area contributed by atoms with Crippen LogP contribution in [-0.2, 0) is 0 Å². The Morgan fingerprint density at radius 1 is 1.27 bits per heavy atom. The lowest BCUT2D eigenvalue weighted by molar-refractivity contribution is -0.0319. The molecular weight excluding hydrogens is 184 g/mol. The third-order valence-electron chi connectivity index (χ3n) is 4.52. The van der Waals surface area contributed by atoms with Crippen LogP contribution in [-0.4, -0.2) is 29.6 Å². The average Bonchev–Trinajstić information content (AvgIpc) is 2.20. The number of nitrogens with two attached hydrogens (primary N) is 1. The molecule has 2 N–H and O–H groups in total. The Bertz CT molecular complexity index is 191. The van der Waals surface area contributed by atoms with Crippen LogP contribution in [0.15, 0.2) is 0 Å². The summed E-state index contributed by atoms with van der Waals surface area (Å²) >= 11 is 0. The molecule has 0 aromatic carbocycles. The number of hydrogen-bond acceptors (Lipinski definition) is 2. The van der Waals surface area contributed by atoms with Gasteiger partial charge in [0.25, 0.3) is 0 Å². The smallest absolute Gasteiger partial charge is 0.0334 e. The molecule has 2 rings (SSSR count). The number of nitrogens with zero attached hydrogens (tertiary/aromatic N) is 1. The van der Waals surface area contributed by atoms with Crippen molar-refractivity contribution in [2.45, 2.75) is 69.9 Å². The highest BCUT2D eigenvalue weighted by atomic mass is 15.2. The van der Waals surface area contributed by atoms with Gasteiger partial charge in [-0.25, -0.2) is 0 Å². The fourth-order valence-electron chi connectivity index (χ4n) is 3.45. The van der Waals surface area contributed by atoms with Crippen LogP contribution < -0.4 is 5.73 Å². The van der Waals surface area contributed by atoms with Crippen LogP contribution in [0.25, 0.3) is 0 Å². The minimum atomic E-state index is 0.417. The van der Waals surface area contributed by atoms with E-state index in [0.29, 0.717) is 5.54 Å². The Kier molecular flexibility index (Phi) is 3.68. The molecule has 0 aromatic heterocycles. The maximum atomic E-state index is 6.02. The first-order valence-corrected chi connectivity index (χ1v) is 6.79. The molecule has 2 fully saturated rings. The molecule has 1 atom stereocenters. The summed E-state index contributed by atoms with van der Waals surface area (Å²) in [4.78, 5) is 2.78. The van der Waals surface area contributed by atoms with Crippen LogP contribution in [0.1, 0.15) is 58.3 Å². The second-order valence-electron chi connectivity index (χ2n) is 5.41. The molecular formula is C13H26N2. The fraction of sp³-hybridized carbons (Fsp3) is 1.00. The van der Waals surface area contributed by atoms with E-state index in [2.05, 4.69) is 11.8 Å². The Hall–Kier alpha value is -0.0800. The van der Waals surface area contributed by atoms with Gasteiger partial charge in [0.1, 0.15) is 0 Å². The first-order chi connectivity index (χ1) is 7.32. The van der Waals surface area contributed by atoms with Gasteiger partial charge in [0.05, 0.1) is 0 Å². The van der Waals surface area contributed by atoms with Gasteiger partial charge in [-0.3, -0.25) is 4.90 Å². The Morgan fingerprint density at radius 3 is 2.60 bits per heavy atom. The lowest BCUT2D eigenvalue weighted by Gasteiger charge is -2.54. The van der Waals surface area contributed by atoms with Crippen LogP contribution in [0.3, 0.4) is 0 Å². The number of hydrogen-bond donors (Lipinski definition) is 1. The van der Waals surface area contributed by atoms with Gasteiger partial charge in [0.15, 0.2) is 0 Å². The number of likely N-dealkylation sites (tertiary alicyclic amines) is 1.